The number of carbonyl (C=O) groups is 1. The van der Waals surface area contributed by atoms with Gasteiger partial charge in [-0.25, -0.2) is 4.98 Å². The van der Waals surface area contributed by atoms with E-state index in [1.165, 1.54) is 23.1 Å². The van der Waals surface area contributed by atoms with Crippen molar-refractivity contribution in [2.45, 2.75) is 23.4 Å². The number of nitrogens with zero attached hydrogens (tertiary/aromatic N) is 1. The molecule has 0 unspecified atom stereocenters. The third-order valence-electron chi connectivity index (χ3n) is 2.46. The summed E-state index contributed by atoms with van der Waals surface area (Å²) >= 11 is 15.0. The summed E-state index contributed by atoms with van der Waals surface area (Å²) in [6.07, 6.45) is 0. The van der Waals surface area contributed by atoms with Crippen LogP contribution >= 0.6 is 46.3 Å². The quantitative estimate of drug-likeness (QED) is 0.802. The van der Waals surface area contributed by atoms with E-state index in [0.29, 0.717) is 15.7 Å². The Balaban J connectivity index is 2.04. The van der Waals surface area contributed by atoms with Gasteiger partial charge < -0.3 is 5.32 Å². The topological polar surface area (TPSA) is 42.0 Å². The normalized spacial score (nSPS) is 12.2. The number of benzene rings is 1. The van der Waals surface area contributed by atoms with Crippen LogP contribution in [0.2, 0.25) is 10.0 Å². The summed E-state index contributed by atoms with van der Waals surface area (Å²) < 4.78 is 0.871. The van der Waals surface area contributed by atoms with Gasteiger partial charge in [0.1, 0.15) is 0 Å². The van der Waals surface area contributed by atoms with Crippen LogP contribution in [0.1, 0.15) is 12.6 Å². The number of halogens is 2. The van der Waals surface area contributed by atoms with E-state index in [4.69, 9.17) is 23.2 Å². The fourth-order valence-electron chi connectivity index (χ4n) is 1.43. The number of hydrogen-bond acceptors (Lipinski definition) is 4. The number of aryl methyl sites for hydroxylation is 1. The van der Waals surface area contributed by atoms with E-state index < -0.39 is 0 Å². The highest BCUT2D eigenvalue weighted by Gasteiger charge is 2.18. The minimum absolute atomic E-state index is 0.155. The zero-order valence-electron chi connectivity index (χ0n) is 10.8. The maximum Gasteiger partial charge on any atom is 0.237 e. The zero-order valence-corrected chi connectivity index (χ0v) is 14.0. The smallest absolute Gasteiger partial charge is 0.237 e. The monoisotopic (exact) mass is 346 g/mol. The maximum absolute atomic E-state index is 12.2. The maximum atomic E-state index is 12.2. The fraction of sp³-hybridized carbons (Fsp3) is 0.231. The zero-order chi connectivity index (χ0) is 14.7. The lowest BCUT2D eigenvalue weighted by Crippen LogP contribution is -2.22. The predicted octanol–water partition coefficient (Wildman–Crippen LogP) is 4.88. The predicted molar refractivity (Wildman–Crippen MR) is 87.3 cm³/mol. The van der Waals surface area contributed by atoms with Crippen molar-refractivity contribution >= 4 is 57.9 Å². The molecule has 0 fully saturated rings. The highest BCUT2D eigenvalue weighted by Crippen LogP contribution is 2.32. The van der Waals surface area contributed by atoms with Gasteiger partial charge in [0.25, 0.3) is 0 Å². The van der Waals surface area contributed by atoms with Crippen LogP contribution in [0.3, 0.4) is 0 Å². The average molecular weight is 347 g/mol. The van der Waals surface area contributed by atoms with Crippen molar-refractivity contribution in [2.24, 2.45) is 0 Å². The molecule has 0 aliphatic carbocycles. The van der Waals surface area contributed by atoms with Crippen molar-refractivity contribution in [3.63, 3.8) is 0 Å². The van der Waals surface area contributed by atoms with Crippen molar-refractivity contribution in [3.05, 3.63) is 39.3 Å². The summed E-state index contributed by atoms with van der Waals surface area (Å²) in [6, 6.07) is 5.10. The third-order valence-corrected chi connectivity index (χ3v) is 5.28. The van der Waals surface area contributed by atoms with Crippen LogP contribution in [0.15, 0.2) is 27.9 Å². The molecule has 2 aromatic rings. The molecule has 0 aliphatic rings. The van der Waals surface area contributed by atoms with Gasteiger partial charge in [-0.2, -0.15) is 0 Å². The highest BCUT2D eigenvalue weighted by molar-refractivity contribution is 8.02. The molecule has 0 saturated heterocycles. The van der Waals surface area contributed by atoms with Crippen LogP contribution in [0.25, 0.3) is 0 Å². The third kappa shape index (κ3) is 3.88. The molecule has 1 heterocycles. The Morgan fingerprint density at radius 2 is 2.05 bits per heavy atom. The number of hydrogen-bond donors (Lipinski definition) is 1. The molecule has 2 rings (SSSR count). The van der Waals surface area contributed by atoms with Gasteiger partial charge in [-0.3, -0.25) is 4.79 Å². The van der Waals surface area contributed by atoms with E-state index in [0.717, 1.165) is 10.0 Å². The Morgan fingerprint density at radius 3 is 2.60 bits per heavy atom. The first-order valence-corrected chi connectivity index (χ1v) is 8.32. The molecule has 1 N–H and O–H groups in total. The van der Waals surface area contributed by atoms with Gasteiger partial charge in [-0.05, 0) is 26.0 Å². The Bertz CT molecular complexity index is 610. The van der Waals surface area contributed by atoms with Crippen LogP contribution in [-0.2, 0) is 4.79 Å². The van der Waals surface area contributed by atoms with E-state index in [9.17, 15) is 4.79 Å². The first-order valence-electron chi connectivity index (χ1n) is 5.81. The summed E-state index contributed by atoms with van der Waals surface area (Å²) in [5, 5.41) is 5.28. The molecule has 1 aromatic heterocycles. The second-order valence-corrected chi connectivity index (χ2v) is 7.36. The van der Waals surface area contributed by atoms with E-state index in [1.54, 1.807) is 18.2 Å². The molecule has 1 aromatic carbocycles. The number of rotatable bonds is 4. The van der Waals surface area contributed by atoms with E-state index in [1.807, 2.05) is 19.2 Å². The molecule has 20 heavy (non-hydrogen) atoms. The second kappa shape index (κ2) is 6.80. The number of amides is 1. The first kappa shape index (κ1) is 15.6. The van der Waals surface area contributed by atoms with Gasteiger partial charge in [0.05, 0.1) is 21.0 Å². The van der Waals surface area contributed by atoms with Gasteiger partial charge in [0, 0.05) is 11.1 Å². The highest BCUT2D eigenvalue weighted by atomic mass is 35.5. The molecular weight excluding hydrogens is 335 g/mol. The lowest BCUT2D eigenvalue weighted by Gasteiger charge is -2.12. The molecule has 0 radical (unpaired) electrons. The Kier molecular flexibility index (Phi) is 5.32. The average Bonchev–Trinajstić information content (AvgIpc) is 2.79. The summed E-state index contributed by atoms with van der Waals surface area (Å²) in [4.78, 5) is 16.5. The molecular formula is C13H12Cl2N2OS2. The Labute approximate surface area is 135 Å². The number of anilines is 1. The summed E-state index contributed by atoms with van der Waals surface area (Å²) in [5.74, 6) is -0.155. The van der Waals surface area contributed by atoms with Gasteiger partial charge in [0.2, 0.25) is 5.91 Å². The minimum Gasteiger partial charge on any atom is -0.323 e. The number of thioether (sulfide) groups is 1. The van der Waals surface area contributed by atoms with Crippen LogP contribution in [0.5, 0.6) is 0 Å². The van der Waals surface area contributed by atoms with Crippen LogP contribution in [0.4, 0.5) is 5.69 Å². The van der Waals surface area contributed by atoms with Gasteiger partial charge in [0.15, 0.2) is 4.34 Å². The molecule has 106 valence electrons. The largest absolute Gasteiger partial charge is 0.323 e. The van der Waals surface area contributed by atoms with E-state index in [-0.39, 0.29) is 11.2 Å². The van der Waals surface area contributed by atoms with Gasteiger partial charge in [-0.1, -0.05) is 41.0 Å². The molecule has 3 nitrogen and oxygen atoms in total. The van der Waals surface area contributed by atoms with Crippen molar-refractivity contribution in [1.82, 2.24) is 4.98 Å². The van der Waals surface area contributed by atoms with E-state index >= 15 is 0 Å². The van der Waals surface area contributed by atoms with Gasteiger partial charge >= 0.3 is 0 Å². The second-order valence-electron chi connectivity index (χ2n) is 4.10. The lowest BCUT2D eigenvalue weighted by atomic mass is 10.3. The van der Waals surface area contributed by atoms with Crippen LogP contribution < -0.4 is 5.32 Å². The Hall–Kier alpha value is -0.750. The van der Waals surface area contributed by atoms with E-state index in [2.05, 4.69) is 10.3 Å². The number of thiazole rings is 1. The van der Waals surface area contributed by atoms with Crippen LogP contribution in [-0.4, -0.2) is 16.1 Å². The molecule has 0 spiro atoms. The number of nitrogens with one attached hydrogen (secondary N) is 1. The number of para-hydroxylation sites is 1. The SMILES string of the molecule is Cc1csc(S[C@@H](C)C(=O)Nc2c(Cl)cccc2Cl)n1. The number of carbonyl (C=O) groups excluding carboxylic acids is 1. The molecule has 7 heteroatoms. The Morgan fingerprint density at radius 1 is 1.40 bits per heavy atom. The molecule has 1 amide bonds. The fourth-order valence-corrected chi connectivity index (χ4v) is 3.91. The number of aromatic nitrogens is 1. The molecule has 0 aliphatic heterocycles. The van der Waals surface area contributed by atoms with Crippen molar-refractivity contribution in [2.75, 3.05) is 5.32 Å². The molecule has 0 bridgehead atoms. The van der Waals surface area contributed by atoms with Gasteiger partial charge in [-0.15, -0.1) is 11.3 Å². The molecule has 1 atom stereocenters. The first-order chi connectivity index (χ1) is 9.47. The van der Waals surface area contributed by atoms with Crippen LogP contribution in [0, 0.1) is 6.92 Å². The lowest BCUT2D eigenvalue weighted by molar-refractivity contribution is -0.115. The van der Waals surface area contributed by atoms with Crippen molar-refractivity contribution < 1.29 is 4.79 Å². The summed E-state index contributed by atoms with van der Waals surface area (Å²) in [7, 11) is 0. The van der Waals surface area contributed by atoms with Crippen molar-refractivity contribution in [3.8, 4) is 0 Å². The minimum atomic E-state index is -0.284. The standard InChI is InChI=1S/C13H12Cl2N2OS2/c1-7-6-19-13(16-7)20-8(2)12(18)17-11-9(14)4-3-5-10(11)15/h3-6,8H,1-2H3,(H,17,18)/t8-/m0/s1. The molecule has 0 saturated carbocycles. The summed E-state index contributed by atoms with van der Waals surface area (Å²) in [5.41, 5.74) is 1.41. The van der Waals surface area contributed by atoms with Crippen molar-refractivity contribution in [1.29, 1.82) is 0 Å². The summed E-state index contributed by atoms with van der Waals surface area (Å²) in [6.45, 7) is 3.75.